The SMILES string of the molecule is C/C=C1\NC(=O)c2cc(SC)cc(n2)CNC(=O)C[C@@H](/C=C/CCS)OC(=O)[C@H](C(C)C)NC1=O.C/C=C1\NC(=O)c2cc(SC)cc(n2)CNC(=O)C[C@@H](/C=C/CCSC(C)=O)OC(=O)[C@H](C(C)C)NC1=O. The van der Waals surface area contributed by atoms with Crippen LogP contribution in [0.3, 0.4) is 0 Å². The van der Waals surface area contributed by atoms with Gasteiger partial charge in [-0.1, -0.05) is 63.8 Å². The minimum atomic E-state index is -1.03. The van der Waals surface area contributed by atoms with Crippen molar-refractivity contribution in [3.05, 3.63) is 94.9 Å². The Morgan fingerprint density at radius 3 is 1.44 bits per heavy atom. The Bertz CT molecular complexity index is 2460. The van der Waals surface area contributed by atoms with Gasteiger partial charge in [0.1, 0.15) is 47.1 Å². The zero-order valence-electron chi connectivity index (χ0n) is 42.5. The van der Waals surface area contributed by atoms with E-state index in [9.17, 15) is 43.2 Å². The highest BCUT2D eigenvalue weighted by atomic mass is 32.2. The predicted octanol–water partition coefficient (Wildman–Crippen LogP) is 5.12. The molecular formula is C50H66N8O11S4. The molecule has 4 atom stereocenters. The van der Waals surface area contributed by atoms with Gasteiger partial charge in [-0.15, -0.1) is 23.5 Å². The number of hydrogen-bond donors (Lipinski definition) is 7. The third-order valence-electron chi connectivity index (χ3n) is 10.4. The highest BCUT2D eigenvalue weighted by Crippen LogP contribution is 2.20. The highest BCUT2D eigenvalue weighted by Gasteiger charge is 2.32. The molecule has 0 spiro atoms. The average molecular weight is 1080 g/mol. The summed E-state index contributed by atoms with van der Waals surface area (Å²) in [5.74, 6) is -4.08. The molecule has 396 valence electrons. The number of esters is 2. The molecule has 0 radical (unpaired) electrons. The number of carbonyl (C=O) groups excluding carboxylic acids is 9. The molecule has 4 heterocycles. The van der Waals surface area contributed by atoms with E-state index in [-0.39, 0.29) is 77.5 Å². The molecule has 0 fully saturated rings. The molecule has 0 saturated carbocycles. The molecule has 4 rings (SSSR count). The lowest BCUT2D eigenvalue weighted by Crippen LogP contribution is -2.48. The second kappa shape index (κ2) is 31.6. The van der Waals surface area contributed by atoms with Gasteiger partial charge in [-0.3, -0.25) is 33.6 Å². The molecule has 0 aliphatic carbocycles. The first-order valence-electron chi connectivity index (χ1n) is 23.4. The maximum Gasteiger partial charge on any atom is 0.329 e. The van der Waals surface area contributed by atoms with E-state index in [0.717, 1.165) is 9.79 Å². The summed E-state index contributed by atoms with van der Waals surface area (Å²) in [7, 11) is 0. The number of rotatable bonds is 11. The molecule has 2 aromatic heterocycles. The van der Waals surface area contributed by atoms with Gasteiger partial charge in [0.25, 0.3) is 23.6 Å². The monoisotopic (exact) mass is 1080 g/mol. The maximum absolute atomic E-state index is 13.1. The van der Waals surface area contributed by atoms with Crippen LogP contribution < -0.4 is 31.9 Å². The number of pyridine rings is 2. The average Bonchev–Trinajstić information content (AvgIpc) is 3.35. The van der Waals surface area contributed by atoms with Gasteiger partial charge >= 0.3 is 11.9 Å². The van der Waals surface area contributed by atoms with E-state index in [0.29, 0.717) is 35.7 Å². The zero-order valence-corrected chi connectivity index (χ0v) is 45.8. The lowest BCUT2D eigenvalue weighted by molar-refractivity contribution is -0.153. The van der Waals surface area contributed by atoms with Crippen LogP contribution in [0.2, 0.25) is 0 Å². The Hall–Kier alpha value is -5.91. The number of nitrogens with zero attached hydrogens (tertiary/aromatic N) is 2. The molecular weight excluding hydrogens is 1020 g/mol. The number of allylic oxidation sites excluding steroid dienone is 4. The lowest BCUT2D eigenvalue weighted by atomic mass is 10.0. The summed E-state index contributed by atoms with van der Waals surface area (Å²) in [4.78, 5) is 125. The van der Waals surface area contributed by atoms with Crippen molar-refractivity contribution in [2.75, 3.05) is 24.0 Å². The predicted molar refractivity (Wildman–Crippen MR) is 285 cm³/mol. The van der Waals surface area contributed by atoms with E-state index in [2.05, 4.69) is 54.5 Å². The van der Waals surface area contributed by atoms with Gasteiger partial charge in [-0.2, -0.15) is 12.6 Å². The van der Waals surface area contributed by atoms with Gasteiger partial charge < -0.3 is 41.4 Å². The first-order chi connectivity index (χ1) is 34.7. The molecule has 2 aliphatic heterocycles. The number of fused-ring (bicyclic) bond motifs is 4. The van der Waals surface area contributed by atoms with Crippen LogP contribution in [0.25, 0.3) is 0 Å². The van der Waals surface area contributed by atoms with E-state index in [1.54, 1.807) is 90.1 Å². The molecule has 19 nitrogen and oxygen atoms in total. The number of ether oxygens (including phenoxy) is 2. The molecule has 6 N–H and O–H groups in total. The van der Waals surface area contributed by atoms with E-state index in [4.69, 9.17) is 9.47 Å². The number of thioether (sulfide) groups is 3. The summed E-state index contributed by atoms with van der Waals surface area (Å²) in [6.45, 7) is 11.8. The smallest absolute Gasteiger partial charge is 0.329 e. The second-order valence-electron chi connectivity index (χ2n) is 16.9. The maximum atomic E-state index is 13.1. The summed E-state index contributed by atoms with van der Waals surface area (Å²) in [6, 6.07) is 4.71. The lowest BCUT2D eigenvalue weighted by Gasteiger charge is -2.24. The van der Waals surface area contributed by atoms with Crippen LogP contribution in [0.1, 0.15) is 107 Å². The summed E-state index contributed by atoms with van der Waals surface area (Å²) >= 11 is 8.18. The Morgan fingerprint density at radius 1 is 0.671 bits per heavy atom. The van der Waals surface area contributed by atoms with Crippen molar-refractivity contribution >= 4 is 100 Å². The van der Waals surface area contributed by atoms with Crippen molar-refractivity contribution in [2.45, 2.75) is 121 Å². The largest absolute Gasteiger partial charge is 0.456 e. The van der Waals surface area contributed by atoms with E-state index < -0.39 is 59.9 Å². The van der Waals surface area contributed by atoms with Crippen molar-refractivity contribution in [2.24, 2.45) is 11.8 Å². The van der Waals surface area contributed by atoms with Crippen molar-refractivity contribution < 1.29 is 52.6 Å². The van der Waals surface area contributed by atoms with Crippen molar-refractivity contribution in [1.29, 1.82) is 0 Å². The van der Waals surface area contributed by atoms with E-state index in [1.807, 2.05) is 12.5 Å². The number of thiol groups is 1. The molecule has 4 bridgehead atoms. The number of aromatic nitrogens is 2. The van der Waals surface area contributed by atoms with Crippen molar-refractivity contribution in [3.63, 3.8) is 0 Å². The third kappa shape index (κ3) is 21.2. The Labute approximate surface area is 444 Å². The van der Waals surface area contributed by atoms with Gasteiger partial charge in [0, 0.05) is 22.5 Å². The zero-order chi connectivity index (χ0) is 54.2. The molecule has 0 aromatic carbocycles. The third-order valence-corrected chi connectivity index (χ3v) is 13.0. The van der Waals surface area contributed by atoms with Gasteiger partial charge in [0.15, 0.2) is 5.12 Å². The van der Waals surface area contributed by atoms with Crippen LogP contribution in [-0.2, 0) is 56.1 Å². The molecule has 0 saturated heterocycles. The Morgan fingerprint density at radius 2 is 1.08 bits per heavy atom. The van der Waals surface area contributed by atoms with Gasteiger partial charge in [-0.05, 0) is 93.2 Å². The Balaban J connectivity index is 0.000000387. The van der Waals surface area contributed by atoms with Crippen LogP contribution in [0.4, 0.5) is 0 Å². The number of carbonyl (C=O) groups is 9. The van der Waals surface area contributed by atoms with E-state index >= 15 is 0 Å². The summed E-state index contributed by atoms with van der Waals surface area (Å²) in [5, 5.41) is 15.9. The summed E-state index contributed by atoms with van der Waals surface area (Å²) in [5.41, 5.74) is 1.08. The minimum Gasteiger partial charge on any atom is -0.456 e. The number of hydrogen-bond acceptors (Lipinski definition) is 17. The Kier molecular flexibility index (Phi) is 26.6. The standard InChI is InChI=1S/C26H34N4O6S2.C24H32N4O5S2/c1-6-20-24(33)30-23(15(2)3)26(35)36-18(9-7-8-10-38-16(4)31)12-22(32)27-14-17-11-19(37-5)13-21(28-17)25(34)29-20;1-5-18-22(30)28-21(14(2)3)24(32)33-16(8-6-7-9-34)11-20(29)25-13-15-10-17(35-4)12-19(26-15)23(31)27-18/h6-7,9,11,13,15,18,23H,8,10,12,14H2,1-5H3,(H,27,32)(H,29,34)(H,30,33);5-6,8,10,12,14,16,21,34H,7,9,11,13H2,1-4H3,(H,25,29)(H,27,31)(H,28,30)/b9-7+,20-6-;8-6+,18-5-/t18-,23+;16-,21+/m11/s1. The quantitative estimate of drug-likeness (QED) is 0.0384. The summed E-state index contributed by atoms with van der Waals surface area (Å²) in [6.07, 6.45) is 12.6. The normalized spacial score (nSPS) is 21.2. The second-order valence-corrected chi connectivity index (χ2v) is 20.4. The minimum absolute atomic E-state index is 0.00317. The topological polar surface area (TPSA) is 270 Å². The number of amides is 6. The fraction of sp³-hybridized carbons (Fsp3) is 0.460. The number of nitrogens with one attached hydrogen (secondary N) is 6. The summed E-state index contributed by atoms with van der Waals surface area (Å²) < 4.78 is 11.2. The molecule has 2 aliphatic rings. The number of cyclic esters (lactones) is 2. The van der Waals surface area contributed by atoms with Crippen LogP contribution in [0.5, 0.6) is 0 Å². The van der Waals surface area contributed by atoms with Gasteiger partial charge in [-0.25, -0.2) is 19.6 Å². The molecule has 23 heteroatoms. The van der Waals surface area contributed by atoms with Crippen LogP contribution in [-0.4, -0.2) is 111 Å². The fourth-order valence-electron chi connectivity index (χ4n) is 6.57. The fourth-order valence-corrected chi connectivity index (χ4v) is 8.22. The molecule has 0 unspecified atom stereocenters. The molecule has 2 aromatic rings. The van der Waals surface area contributed by atoms with Crippen molar-refractivity contribution in [3.8, 4) is 0 Å². The van der Waals surface area contributed by atoms with Gasteiger partial charge in [0.2, 0.25) is 11.8 Å². The first-order valence-corrected chi connectivity index (χ1v) is 27.5. The van der Waals surface area contributed by atoms with Crippen LogP contribution in [0, 0.1) is 11.8 Å². The van der Waals surface area contributed by atoms with E-state index in [1.165, 1.54) is 54.4 Å². The first kappa shape index (κ1) is 61.4. The van der Waals surface area contributed by atoms with Crippen molar-refractivity contribution in [1.82, 2.24) is 41.9 Å². The van der Waals surface area contributed by atoms with Crippen LogP contribution in [0.15, 0.2) is 81.9 Å². The highest BCUT2D eigenvalue weighted by molar-refractivity contribution is 8.13. The molecule has 73 heavy (non-hydrogen) atoms. The molecule has 6 amide bonds. The van der Waals surface area contributed by atoms with Gasteiger partial charge in [0.05, 0.1) is 37.3 Å². The van der Waals surface area contributed by atoms with Crippen LogP contribution >= 0.6 is 47.9 Å².